The van der Waals surface area contributed by atoms with Crippen LogP contribution in [0.1, 0.15) is 11.4 Å². The second-order valence-corrected chi connectivity index (χ2v) is 3.76. The second-order valence-electron chi connectivity index (χ2n) is 3.76. The van der Waals surface area contributed by atoms with E-state index >= 15 is 0 Å². The molecule has 0 aromatic carbocycles. The lowest BCUT2D eigenvalue weighted by atomic mass is 10.2. The second kappa shape index (κ2) is 5.92. The molecule has 8 nitrogen and oxygen atoms in total. The van der Waals surface area contributed by atoms with Gasteiger partial charge in [-0.2, -0.15) is 0 Å². The Bertz CT molecular complexity index is 446. The first-order chi connectivity index (χ1) is 8.43. The number of nitrogens with zero attached hydrogens (tertiary/aromatic N) is 3. The van der Waals surface area contributed by atoms with E-state index in [1.54, 1.807) is 13.1 Å². The summed E-state index contributed by atoms with van der Waals surface area (Å²) in [5, 5.41) is 0. The Balaban J connectivity index is 3.13. The zero-order chi connectivity index (χ0) is 13.7. The van der Waals surface area contributed by atoms with Gasteiger partial charge < -0.3 is 22.1 Å². The molecule has 98 valence electrons. The summed E-state index contributed by atoms with van der Waals surface area (Å²) >= 11 is 0. The quantitative estimate of drug-likeness (QED) is 0.535. The van der Waals surface area contributed by atoms with Gasteiger partial charge in [-0.25, -0.2) is 9.97 Å². The van der Waals surface area contributed by atoms with Gasteiger partial charge in [0.1, 0.15) is 11.6 Å². The van der Waals surface area contributed by atoms with Crippen molar-refractivity contribution in [1.29, 1.82) is 0 Å². The number of rotatable bonds is 6. The van der Waals surface area contributed by atoms with Gasteiger partial charge in [-0.1, -0.05) is 0 Å². The van der Waals surface area contributed by atoms with E-state index in [1.807, 2.05) is 0 Å². The predicted octanol–water partition coefficient (Wildman–Crippen LogP) is -1.98. The third-order valence-corrected chi connectivity index (χ3v) is 2.17. The maximum Gasteiger partial charge on any atom is 0.237 e. The van der Waals surface area contributed by atoms with E-state index in [2.05, 4.69) is 9.97 Å². The Morgan fingerprint density at radius 2 is 1.83 bits per heavy atom. The summed E-state index contributed by atoms with van der Waals surface area (Å²) < 4.78 is 0. The Morgan fingerprint density at radius 3 is 2.28 bits per heavy atom. The van der Waals surface area contributed by atoms with Crippen LogP contribution in [-0.4, -0.2) is 34.9 Å². The molecule has 0 radical (unpaired) electrons. The average Bonchev–Trinajstić information content (AvgIpc) is 2.26. The van der Waals surface area contributed by atoms with E-state index in [0.717, 1.165) is 0 Å². The smallest absolute Gasteiger partial charge is 0.237 e. The van der Waals surface area contributed by atoms with Gasteiger partial charge in [0.2, 0.25) is 11.8 Å². The summed E-state index contributed by atoms with van der Waals surface area (Å²) in [6.07, 6.45) is 1.55. The lowest BCUT2D eigenvalue weighted by Gasteiger charge is -2.22. The van der Waals surface area contributed by atoms with E-state index in [9.17, 15) is 9.59 Å². The topological polar surface area (TPSA) is 141 Å². The summed E-state index contributed by atoms with van der Waals surface area (Å²) in [5.74, 6) is -0.269. The Labute approximate surface area is 104 Å². The van der Waals surface area contributed by atoms with Crippen molar-refractivity contribution >= 4 is 17.6 Å². The summed E-state index contributed by atoms with van der Waals surface area (Å²) in [6.45, 7) is 1.55. The SMILES string of the molecule is Cc1ncc(CN)c(N(CC(N)=O)CC(N)=O)n1. The van der Waals surface area contributed by atoms with Crippen molar-refractivity contribution in [2.24, 2.45) is 17.2 Å². The molecule has 1 heterocycles. The molecule has 0 atom stereocenters. The third-order valence-electron chi connectivity index (χ3n) is 2.17. The molecule has 0 spiro atoms. The van der Waals surface area contributed by atoms with Crippen LogP contribution >= 0.6 is 0 Å². The molecule has 0 unspecified atom stereocenters. The zero-order valence-electron chi connectivity index (χ0n) is 10.1. The highest BCUT2D eigenvalue weighted by Crippen LogP contribution is 2.16. The molecule has 1 aromatic rings. The van der Waals surface area contributed by atoms with Crippen LogP contribution in [0.5, 0.6) is 0 Å². The number of hydrogen-bond acceptors (Lipinski definition) is 6. The van der Waals surface area contributed by atoms with Gasteiger partial charge in [-0.05, 0) is 6.92 Å². The minimum atomic E-state index is -0.588. The van der Waals surface area contributed by atoms with Crippen LogP contribution in [0.25, 0.3) is 0 Å². The van der Waals surface area contributed by atoms with Crippen molar-refractivity contribution in [3.05, 3.63) is 17.6 Å². The fraction of sp³-hybridized carbons (Fsp3) is 0.400. The van der Waals surface area contributed by atoms with Crippen LogP contribution in [0.3, 0.4) is 0 Å². The predicted molar refractivity (Wildman–Crippen MR) is 65.3 cm³/mol. The molecule has 0 aliphatic heterocycles. The van der Waals surface area contributed by atoms with Crippen molar-refractivity contribution in [3.8, 4) is 0 Å². The maximum atomic E-state index is 11.0. The number of aromatic nitrogens is 2. The number of anilines is 1. The Morgan fingerprint density at radius 1 is 1.28 bits per heavy atom. The largest absolute Gasteiger partial charge is 0.368 e. The fourth-order valence-electron chi connectivity index (χ4n) is 1.48. The van der Waals surface area contributed by atoms with E-state index in [1.165, 1.54) is 4.90 Å². The molecule has 0 saturated carbocycles. The highest BCUT2D eigenvalue weighted by Gasteiger charge is 2.17. The van der Waals surface area contributed by atoms with Crippen LogP contribution in [-0.2, 0) is 16.1 Å². The summed E-state index contributed by atoms with van der Waals surface area (Å²) in [6, 6.07) is 0. The fourth-order valence-corrected chi connectivity index (χ4v) is 1.48. The monoisotopic (exact) mass is 252 g/mol. The Kier molecular flexibility index (Phi) is 4.55. The minimum Gasteiger partial charge on any atom is -0.368 e. The number of primary amides is 2. The van der Waals surface area contributed by atoms with E-state index < -0.39 is 11.8 Å². The normalized spacial score (nSPS) is 10.1. The first-order valence-corrected chi connectivity index (χ1v) is 5.28. The first kappa shape index (κ1) is 13.8. The molecular weight excluding hydrogens is 236 g/mol. The molecule has 18 heavy (non-hydrogen) atoms. The van der Waals surface area contributed by atoms with Gasteiger partial charge in [0.15, 0.2) is 0 Å². The van der Waals surface area contributed by atoms with Gasteiger partial charge in [-0.15, -0.1) is 0 Å². The van der Waals surface area contributed by atoms with Gasteiger partial charge >= 0.3 is 0 Å². The number of aryl methyl sites for hydroxylation is 1. The van der Waals surface area contributed by atoms with Crippen LogP contribution in [0.4, 0.5) is 5.82 Å². The number of nitrogens with two attached hydrogens (primary N) is 3. The van der Waals surface area contributed by atoms with E-state index in [4.69, 9.17) is 17.2 Å². The molecule has 1 rings (SSSR count). The molecule has 1 aromatic heterocycles. The number of carbonyl (C=O) groups is 2. The van der Waals surface area contributed by atoms with E-state index in [-0.39, 0.29) is 19.6 Å². The van der Waals surface area contributed by atoms with Crippen molar-refractivity contribution < 1.29 is 9.59 Å². The van der Waals surface area contributed by atoms with Crippen molar-refractivity contribution in [1.82, 2.24) is 9.97 Å². The van der Waals surface area contributed by atoms with Crippen LogP contribution < -0.4 is 22.1 Å². The molecule has 0 saturated heterocycles. The molecular formula is C10H16N6O2. The molecule has 8 heteroatoms. The highest BCUT2D eigenvalue weighted by molar-refractivity contribution is 5.84. The summed E-state index contributed by atoms with van der Waals surface area (Å²) in [5.41, 5.74) is 16.4. The summed E-state index contributed by atoms with van der Waals surface area (Å²) in [7, 11) is 0. The van der Waals surface area contributed by atoms with Gasteiger partial charge in [-0.3, -0.25) is 9.59 Å². The van der Waals surface area contributed by atoms with Crippen molar-refractivity contribution in [3.63, 3.8) is 0 Å². The maximum absolute atomic E-state index is 11.0. The first-order valence-electron chi connectivity index (χ1n) is 5.28. The van der Waals surface area contributed by atoms with Crippen molar-refractivity contribution in [2.45, 2.75) is 13.5 Å². The molecule has 0 aliphatic carbocycles. The molecule has 6 N–H and O–H groups in total. The molecule has 0 bridgehead atoms. The Hall–Kier alpha value is -2.22. The van der Waals surface area contributed by atoms with Crippen LogP contribution in [0.15, 0.2) is 6.20 Å². The zero-order valence-corrected chi connectivity index (χ0v) is 10.1. The third kappa shape index (κ3) is 3.67. The number of carbonyl (C=O) groups excluding carboxylic acids is 2. The van der Waals surface area contributed by atoms with Crippen LogP contribution in [0, 0.1) is 6.92 Å². The molecule has 2 amide bonds. The molecule has 0 aliphatic rings. The van der Waals surface area contributed by atoms with Gasteiger partial charge in [0, 0.05) is 18.3 Å². The standard InChI is InChI=1S/C10H16N6O2/c1-6-14-3-7(2-11)10(15-6)16(4-8(12)17)5-9(13)18/h3H,2,4-5,11H2,1H3,(H2,12,17)(H2,13,18). The average molecular weight is 252 g/mol. The molecule has 0 fully saturated rings. The van der Waals surface area contributed by atoms with Gasteiger partial charge in [0.25, 0.3) is 0 Å². The minimum absolute atomic E-state index is 0.160. The van der Waals surface area contributed by atoms with Crippen molar-refractivity contribution in [2.75, 3.05) is 18.0 Å². The van der Waals surface area contributed by atoms with Gasteiger partial charge in [0.05, 0.1) is 13.1 Å². The highest BCUT2D eigenvalue weighted by atomic mass is 16.2. The lowest BCUT2D eigenvalue weighted by Crippen LogP contribution is -2.41. The van der Waals surface area contributed by atoms with E-state index in [0.29, 0.717) is 17.2 Å². The number of amides is 2. The van der Waals surface area contributed by atoms with Crippen LogP contribution in [0.2, 0.25) is 0 Å². The number of hydrogen-bond donors (Lipinski definition) is 3. The lowest BCUT2D eigenvalue weighted by molar-refractivity contribution is -0.117. The summed E-state index contributed by atoms with van der Waals surface area (Å²) in [4.78, 5) is 31.6.